The van der Waals surface area contributed by atoms with Gasteiger partial charge in [-0.1, -0.05) is 12.1 Å². The molecule has 1 fully saturated rings. The lowest BCUT2D eigenvalue weighted by atomic mass is 10.0. The average Bonchev–Trinajstić information content (AvgIpc) is 3.20. The van der Waals surface area contributed by atoms with Crippen molar-refractivity contribution < 1.29 is 0 Å². The van der Waals surface area contributed by atoms with Gasteiger partial charge in [-0.3, -0.25) is 9.97 Å². The first kappa shape index (κ1) is 16.6. The highest BCUT2D eigenvalue weighted by molar-refractivity contribution is 9.10. The van der Waals surface area contributed by atoms with Gasteiger partial charge in [0.15, 0.2) is 5.11 Å². The Balaban J connectivity index is 1.72. The number of thiophene rings is 1. The normalized spacial score (nSPS) is 19.9. The van der Waals surface area contributed by atoms with Gasteiger partial charge in [0, 0.05) is 27.1 Å². The molecule has 0 bridgehead atoms. The molecule has 1 N–H and O–H groups in total. The quantitative estimate of drug-likeness (QED) is 0.618. The zero-order valence-electron chi connectivity index (χ0n) is 13.2. The summed E-state index contributed by atoms with van der Waals surface area (Å²) in [5, 5.41) is 6.29. The molecule has 0 amide bonds. The molecule has 3 aromatic rings. The van der Waals surface area contributed by atoms with E-state index in [0.29, 0.717) is 6.54 Å². The fraction of sp³-hybridized carbons (Fsp3) is 0.167. The fourth-order valence-electron chi connectivity index (χ4n) is 3.03. The molecule has 1 aliphatic rings. The molecule has 1 aliphatic heterocycles. The zero-order chi connectivity index (χ0) is 17.2. The largest absolute Gasteiger partial charge is 0.352 e. The van der Waals surface area contributed by atoms with Gasteiger partial charge in [0.1, 0.15) is 0 Å². The fourth-order valence-corrected chi connectivity index (χ4v) is 4.93. The lowest BCUT2D eigenvalue weighted by molar-refractivity contribution is 0.312. The van der Waals surface area contributed by atoms with Crippen molar-refractivity contribution in [3.8, 4) is 0 Å². The van der Waals surface area contributed by atoms with E-state index in [9.17, 15) is 0 Å². The summed E-state index contributed by atoms with van der Waals surface area (Å²) in [6.45, 7) is 0.663. The van der Waals surface area contributed by atoms with Crippen molar-refractivity contribution in [3.05, 3.63) is 81.0 Å². The summed E-state index contributed by atoms with van der Waals surface area (Å²) in [6, 6.07) is 14.2. The van der Waals surface area contributed by atoms with Crippen LogP contribution in [0.3, 0.4) is 0 Å². The number of aromatic nitrogens is 2. The predicted molar refractivity (Wildman–Crippen MR) is 107 cm³/mol. The summed E-state index contributed by atoms with van der Waals surface area (Å²) >= 11 is 10.9. The van der Waals surface area contributed by atoms with Gasteiger partial charge in [-0.2, -0.15) is 0 Å². The minimum absolute atomic E-state index is 0.0166. The van der Waals surface area contributed by atoms with Gasteiger partial charge in [-0.05, 0) is 58.5 Å². The molecule has 0 radical (unpaired) electrons. The zero-order valence-corrected chi connectivity index (χ0v) is 16.4. The Kier molecular flexibility index (Phi) is 4.78. The van der Waals surface area contributed by atoms with E-state index in [0.717, 1.165) is 21.0 Å². The third-order valence-corrected chi connectivity index (χ3v) is 6.25. The molecule has 1 saturated heterocycles. The maximum Gasteiger partial charge on any atom is 0.170 e. The van der Waals surface area contributed by atoms with Gasteiger partial charge < -0.3 is 10.2 Å². The van der Waals surface area contributed by atoms with Crippen molar-refractivity contribution in [2.75, 3.05) is 0 Å². The van der Waals surface area contributed by atoms with Crippen LogP contribution in [0, 0.1) is 0 Å². The van der Waals surface area contributed by atoms with E-state index in [4.69, 9.17) is 12.2 Å². The Hall–Kier alpha value is -1.83. The number of pyridine rings is 2. The summed E-state index contributed by atoms with van der Waals surface area (Å²) in [7, 11) is 0. The number of nitrogens with one attached hydrogen (secondary N) is 1. The standard InChI is InChI=1S/C18H15BrN4S2/c19-12-9-15(25-11-12)17-16(14-6-2-4-8-21-14)22-18(24)23(17)10-13-5-1-3-7-20-13/h1-9,11,16-17H,10H2,(H,22,24)/t16-,17+/m0/s1. The van der Waals surface area contributed by atoms with E-state index >= 15 is 0 Å². The molecule has 0 aliphatic carbocycles. The van der Waals surface area contributed by atoms with Gasteiger partial charge >= 0.3 is 0 Å². The minimum atomic E-state index is 0.0166. The highest BCUT2D eigenvalue weighted by Gasteiger charge is 2.40. The molecule has 3 aromatic heterocycles. The SMILES string of the molecule is S=C1N[C@@H](c2ccccn2)[C@@H](c2cc(Br)cs2)N1Cc1ccccn1. The molecule has 0 saturated carbocycles. The summed E-state index contributed by atoms with van der Waals surface area (Å²) < 4.78 is 1.09. The maximum absolute atomic E-state index is 5.65. The lowest BCUT2D eigenvalue weighted by Crippen LogP contribution is -2.29. The van der Waals surface area contributed by atoms with Crippen LogP contribution in [0.25, 0.3) is 0 Å². The Morgan fingerprint density at radius 1 is 1.16 bits per heavy atom. The molecule has 7 heteroatoms. The van der Waals surface area contributed by atoms with Crippen molar-refractivity contribution in [2.45, 2.75) is 18.6 Å². The van der Waals surface area contributed by atoms with Crippen LogP contribution in [0.2, 0.25) is 0 Å². The van der Waals surface area contributed by atoms with Crippen LogP contribution in [0.5, 0.6) is 0 Å². The lowest BCUT2D eigenvalue weighted by Gasteiger charge is -2.26. The van der Waals surface area contributed by atoms with Gasteiger partial charge in [-0.25, -0.2) is 0 Å². The number of hydrogen-bond acceptors (Lipinski definition) is 4. The van der Waals surface area contributed by atoms with Crippen LogP contribution in [-0.2, 0) is 6.54 Å². The Bertz CT molecular complexity index is 869. The third-order valence-electron chi connectivity index (χ3n) is 4.14. The van der Waals surface area contributed by atoms with Crippen molar-refractivity contribution in [2.24, 2.45) is 0 Å². The molecular weight excluding hydrogens is 416 g/mol. The van der Waals surface area contributed by atoms with E-state index in [1.54, 1.807) is 11.3 Å². The molecule has 4 rings (SSSR count). The third kappa shape index (κ3) is 3.44. The van der Waals surface area contributed by atoms with Crippen molar-refractivity contribution in [1.29, 1.82) is 0 Å². The van der Waals surface area contributed by atoms with Crippen molar-refractivity contribution >= 4 is 44.6 Å². The number of rotatable bonds is 4. The summed E-state index contributed by atoms with van der Waals surface area (Å²) in [5.74, 6) is 0. The second-order valence-corrected chi connectivity index (χ2v) is 7.99. The maximum atomic E-state index is 5.65. The molecule has 4 nitrogen and oxygen atoms in total. The van der Waals surface area contributed by atoms with E-state index < -0.39 is 0 Å². The van der Waals surface area contributed by atoms with E-state index in [1.807, 2.05) is 48.8 Å². The van der Waals surface area contributed by atoms with E-state index in [2.05, 4.69) is 47.6 Å². The van der Waals surface area contributed by atoms with Gasteiger partial charge in [-0.15, -0.1) is 11.3 Å². The van der Waals surface area contributed by atoms with Crippen molar-refractivity contribution in [3.63, 3.8) is 0 Å². The monoisotopic (exact) mass is 430 g/mol. The topological polar surface area (TPSA) is 41.1 Å². The molecular formula is C18H15BrN4S2. The second-order valence-electron chi connectivity index (χ2n) is 5.74. The van der Waals surface area contributed by atoms with Crippen LogP contribution < -0.4 is 5.32 Å². The first-order valence-corrected chi connectivity index (χ1v) is 9.92. The van der Waals surface area contributed by atoms with Gasteiger partial charge in [0.25, 0.3) is 0 Å². The molecule has 126 valence electrons. The average molecular weight is 431 g/mol. The predicted octanol–water partition coefficient (Wildman–Crippen LogP) is 4.47. The second kappa shape index (κ2) is 7.19. The van der Waals surface area contributed by atoms with Crippen LogP contribution in [-0.4, -0.2) is 20.0 Å². The highest BCUT2D eigenvalue weighted by Crippen LogP contribution is 2.42. The van der Waals surface area contributed by atoms with Crippen molar-refractivity contribution in [1.82, 2.24) is 20.2 Å². The number of hydrogen-bond donors (Lipinski definition) is 1. The molecule has 0 unspecified atom stereocenters. The molecule has 4 heterocycles. The Labute approximate surface area is 164 Å². The van der Waals surface area contributed by atoms with Gasteiger partial charge in [0.05, 0.1) is 30.0 Å². The molecule has 0 aromatic carbocycles. The number of halogens is 1. The van der Waals surface area contributed by atoms with Crippen LogP contribution >= 0.6 is 39.5 Å². The Morgan fingerprint density at radius 2 is 1.96 bits per heavy atom. The smallest absolute Gasteiger partial charge is 0.170 e. The van der Waals surface area contributed by atoms with Crippen LogP contribution in [0.15, 0.2) is 64.7 Å². The first-order valence-electron chi connectivity index (χ1n) is 7.84. The van der Waals surface area contributed by atoms with Gasteiger partial charge in [0.2, 0.25) is 0 Å². The first-order chi connectivity index (χ1) is 12.2. The summed E-state index contributed by atoms with van der Waals surface area (Å²) in [5.41, 5.74) is 1.98. The summed E-state index contributed by atoms with van der Waals surface area (Å²) in [6.07, 6.45) is 3.64. The van der Waals surface area contributed by atoms with Crippen LogP contribution in [0.4, 0.5) is 0 Å². The van der Waals surface area contributed by atoms with Crippen LogP contribution in [0.1, 0.15) is 28.3 Å². The molecule has 25 heavy (non-hydrogen) atoms. The molecule has 0 spiro atoms. The van der Waals surface area contributed by atoms with E-state index in [1.165, 1.54) is 4.88 Å². The minimum Gasteiger partial charge on any atom is -0.352 e. The van der Waals surface area contributed by atoms with E-state index in [-0.39, 0.29) is 12.1 Å². The summed E-state index contributed by atoms with van der Waals surface area (Å²) in [4.78, 5) is 12.5. The highest BCUT2D eigenvalue weighted by atomic mass is 79.9. The Morgan fingerprint density at radius 3 is 2.60 bits per heavy atom. The number of thiocarbonyl (C=S) groups is 1. The number of nitrogens with zero attached hydrogens (tertiary/aromatic N) is 3. The molecule has 2 atom stereocenters.